The van der Waals surface area contributed by atoms with E-state index in [1.54, 1.807) is 18.2 Å². The van der Waals surface area contributed by atoms with E-state index >= 15 is 0 Å². The van der Waals surface area contributed by atoms with Crippen LogP contribution in [-0.2, 0) is 16.4 Å². The first kappa shape index (κ1) is 20.8. The average molecular weight is 417 g/mol. The Morgan fingerprint density at radius 1 is 1.28 bits per heavy atom. The lowest BCUT2D eigenvalue weighted by molar-refractivity contribution is -0.385. The lowest BCUT2D eigenvalue weighted by atomic mass is 10.0. The summed E-state index contributed by atoms with van der Waals surface area (Å²) in [6.07, 6.45) is 1.97. The van der Waals surface area contributed by atoms with Crippen molar-refractivity contribution in [3.63, 3.8) is 0 Å². The van der Waals surface area contributed by atoms with Gasteiger partial charge in [0.15, 0.2) is 0 Å². The lowest BCUT2D eigenvalue weighted by Gasteiger charge is -2.30. The molecule has 0 aliphatic carbocycles. The Morgan fingerprint density at radius 3 is 2.72 bits per heavy atom. The number of fused-ring (bicyclic) bond motifs is 1. The number of nitro benzene ring substituents is 1. The Kier molecular flexibility index (Phi) is 5.88. The van der Waals surface area contributed by atoms with Crippen LogP contribution in [0.1, 0.15) is 41.3 Å². The third kappa shape index (κ3) is 4.24. The molecule has 0 saturated heterocycles. The van der Waals surface area contributed by atoms with Crippen molar-refractivity contribution in [1.29, 1.82) is 0 Å². The van der Waals surface area contributed by atoms with Gasteiger partial charge in [-0.1, -0.05) is 13.0 Å². The van der Waals surface area contributed by atoms with Crippen molar-refractivity contribution in [1.82, 2.24) is 0 Å². The van der Waals surface area contributed by atoms with Crippen molar-refractivity contribution in [3.05, 3.63) is 63.2 Å². The highest BCUT2D eigenvalue weighted by atomic mass is 32.2. The van der Waals surface area contributed by atoms with Gasteiger partial charge in [0.05, 0.1) is 16.4 Å². The predicted molar refractivity (Wildman–Crippen MR) is 112 cm³/mol. The molecule has 0 unspecified atom stereocenters. The second kappa shape index (κ2) is 8.20. The van der Waals surface area contributed by atoms with E-state index in [-0.39, 0.29) is 17.0 Å². The third-order valence-corrected chi connectivity index (χ3v) is 6.93. The van der Waals surface area contributed by atoms with Gasteiger partial charge in [0.25, 0.3) is 11.6 Å². The molecule has 2 aromatic carbocycles. The fourth-order valence-electron chi connectivity index (χ4n) is 3.56. The Balaban J connectivity index is 1.87. The quantitative estimate of drug-likeness (QED) is 0.570. The summed E-state index contributed by atoms with van der Waals surface area (Å²) in [4.78, 5) is 23.2. The minimum Gasteiger partial charge on any atom is -0.322 e. The highest BCUT2D eigenvalue weighted by Crippen LogP contribution is 2.32. The highest BCUT2D eigenvalue weighted by molar-refractivity contribution is 7.92. The number of hydrogen-bond donors (Lipinski definition) is 1. The van der Waals surface area contributed by atoms with Crippen LogP contribution in [0.4, 0.5) is 17.1 Å². The van der Waals surface area contributed by atoms with Gasteiger partial charge in [-0.25, -0.2) is 8.42 Å². The van der Waals surface area contributed by atoms with Gasteiger partial charge in [-0.05, 0) is 56.0 Å². The Morgan fingerprint density at radius 2 is 2.03 bits per heavy atom. The van der Waals surface area contributed by atoms with Crippen LogP contribution in [0.25, 0.3) is 0 Å². The topological polar surface area (TPSA) is 110 Å². The van der Waals surface area contributed by atoms with E-state index in [4.69, 9.17) is 0 Å². The summed E-state index contributed by atoms with van der Waals surface area (Å²) in [7, 11) is -3.36. The molecule has 1 aliphatic rings. The predicted octanol–water partition coefficient (Wildman–Crippen LogP) is 3.65. The van der Waals surface area contributed by atoms with Gasteiger partial charge in [0, 0.05) is 29.4 Å². The van der Waals surface area contributed by atoms with Crippen LogP contribution in [0.2, 0.25) is 0 Å². The van der Waals surface area contributed by atoms with Crippen molar-refractivity contribution in [2.24, 2.45) is 0 Å². The zero-order valence-corrected chi connectivity index (χ0v) is 17.2. The smallest absolute Gasteiger partial charge is 0.273 e. The largest absolute Gasteiger partial charge is 0.322 e. The van der Waals surface area contributed by atoms with Gasteiger partial charge in [0.2, 0.25) is 10.0 Å². The first-order valence-corrected chi connectivity index (χ1v) is 11.0. The molecule has 3 rings (SSSR count). The van der Waals surface area contributed by atoms with E-state index in [0.29, 0.717) is 42.7 Å². The molecule has 154 valence electrons. The third-order valence-electron chi connectivity index (χ3n) is 4.96. The Hall–Kier alpha value is -2.94. The summed E-state index contributed by atoms with van der Waals surface area (Å²) in [5.41, 5.74) is 2.43. The maximum absolute atomic E-state index is 12.6. The molecule has 1 aliphatic heterocycles. The number of benzene rings is 2. The highest BCUT2D eigenvalue weighted by Gasteiger charge is 2.27. The SMILES string of the molecule is CCCS(=O)(=O)N1CCCc2cc(NC(=O)c3cccc([N+](=O)[O-])c3C)ccc21. The molecular formula is C20H23N3O5S. The van der Waals surface area contributed by atoms with E-state index in [1.807, 2.05) is 6.92 Å². The summed E-state index contributed by atoms with van der Waals surface area (Å²) >= 11 is 0. The molecular weight excluding hydrogens is 394 g/mol. The number of hydrogen-bond acceptors (Lipinski definition) is 5. The maximum atomic E-state index is 12.6. The first-order valence-electron chi connectivity index (χ1n) is 9.43. The number of aryl methyl sites for hydroxylation is 1. The average Bonchev–Trinajstić information content (AvgIpc) is 2.67. The second-order valence-electron chi connectivity index (χ2n) is 7.00. The molecule has 0 aromatic heterocycles. The summed E-state index contributed by atoms with van der Waals surface area (Å²) in [5.74, 6) is -0.353. The van der Waals surface area contributed by atoms with Crippen LogP contribution < -0.4 is 9.62 Å². The lowest BCUT2D eigenvalue weighted by Crippen LogP contribution is -2.37. The van der Waals surface area contributed by atoms with E-state index in [0.717, 1.165) is 5.56 Å². The number of carbonyl (C=O) groups is 1. The Bertz CT molecular complexity index is 1070. The van der Waals surface area contributed by atoms with Crippen LogP contribution in [0.15, 0.2) is 36.4 Å². The number of anilines is 2. The molecule has 1 N–H and O–H groups in total. The summed E-state index contributed by atoms with van der Waals surface area (Å²) in [6.45, 7) is 3.82. The minimum absolute atomic E-state index is 0.0942. The summed E-state index contributed by atoms with van der Waals surface area (Å²) in [6, 6.07) is 9.50. The molecule has 0 fully saturated rings. The van der Waals surface area contributed by atoms with Gasteiger partial charge in [0.1, 0.15) is 0 Å². The Labute approximate surface area is 169 Å². The molecule has 0 atom stereocenters. The number of carbonyl (C=O) groups excluding carboxylic acids is 1. The first-order chi connectivity index (χ1) is 13.7. The van der Waals surface area contributed by atoms with Gasteiger partial charge < -0.3 is 5.32 Å². The number of nitrogens with one attached hydrogen (secondary N) is 1. The fourth-order valence-corrected chi connectivity index (χ4v) is 5.18. The van der Waals surface area contributed by atoms with Crippen LogP contribution in [0, 0.1) is 17.0 Å². The van der Waals surface area contributed by atoms with Gasteiger partial charge in [-0.15, -0.1) is 0 Å². The van der Waals surface area contributed by atoms with E-state index < -0.39 is 20.9 Å². The van der Waals surface area contributed by atoms with Gasteiger partial charge >= 0.3 is 0 Å². The van der Waals surface area contributed by atoms with Crippen LogP contribution in [-0.4, -0.2) is 31.5 Å². The normalized spacial score (nSPS) is 13.7. The molecule has 9 heteroatoms. The molecule has 1 heterocycles. The molecule has 2 aromatic rings. The zero-order chi connectivity index (χ0) is 21.2. The molecule has 0 radical (unpaired) electrons. The monoisotopic (exact) mass is 417 g/mol. The number of nitrogens with zero attached hydrogens (tertiary/aromatic N) is 2. The van der Waals surface area contributed by atoms with Crippen LogP contribution in [0.5, 0.6) is 0 Å². The number of nitro groups is 1. The van der Waals surface area contributed by atoms with Crippen molar-refractivity contribution < 1.29 is 18.1 Å². The van der Waals surface area contributed by atoms with Crippen molar-refractivity contribution in [2.75, 3.05) is 21.9 Å². The minimum atomic E-state index is -3.36. The summed E-state index contributed by atoms with van der Waals surface area (Å²) in [5, 5.41) is 13.9. The van der Waals surface area contributed by atoms with E-state index in [9.17, 15) is 23.3 Å². The van der Waals surface area contributed by atoms with Crippen LogP contribution in [0.3, 0.4) is 0 Å². The molecule has 8 nitrogen and oxygen atoms in total. The fraction of sp³-hybridized carbons (Fsp3) is 0.350. The standard InChI is InChI=1S/C20H23N3O5S/c1-3-12-29(27,28)22-11-5-6-15-13-16(9-10-19(15)22)21-20(24)17-7-4-8-18(14(17)2)23(25)26/h4,7-10,13H,3,5-6,11-12H2,1-2H3,(H,21,24). The number of rotatable bonds is 6. The number of sulfonamides is 1. The zero-order valence-electron chi connectivity index (χ0n) is 16.3. The molecule has 1 amide bonds. The van der Waals surface area contributed by atoms with Gasteiger partial charge in [-0.3, -0.25) is 19.2 Å². The van der Waals surface area contributed by atoms with E-state index in [2.05, 4.69) is 5.32 Å². The molecule has 0 saturated carbocycles. The second-order valence-corrected chi connectivity index (χ2v) is 9.01. The number of amides is 1. The van der Waals surface area contributed by atoms with Crippen molar-refractivity contribution in [2.45, 2.75) is 33.1 Å². The van der Waals surface area contributed by atoms with Crippen molar-refractivity contribution >= 4 is 33.0 Å². The molecule has 0 spiro atoms. The molecule has 29 heavy (non-hydrogen) atoms. The van der Waals surface area contributed by atoms with E-state index in [1.165, 1.54) is 29.4 Å². The summed E-state index contributed by atoms with van der Waals surface area (Å²) < 4.78 is 26.5. The van der Waals surface area contributed by atoms with Crippen LogP contribution >= 0.6 is 0 Å². The molecule has 0 bridgehead atoms. The van der Waals surface area contributed by atoms with Crippen molar-refractivity contribution in [3.8, 4) is 0 Å². The van der Waals surface area contributed by atoms with Gasteiger partial charge in [-0.2, -0.15) is 0 Å². The maximum Gasteiger partial charge on any atom is 0.273 e.